The molecule has 2 rings (SSSR count). The number of rotatable bonds is 4. The van der Waals surface area contributed by atoms with Crippen molar-refractivity contribution in [3.05, 3.63) is 29.6 Å². The first-order valence-corrected chi connectivity index (χ1v) is 6.21. The molecule has 1 aromatic rings. The minimum Gasteiger partial charge on any atom is -0.384 e. The monoisotopic (exact) mass is 251 g/mol. The topological polar surface area (TPSA) is 67.2 Å². The van der Waals surface area contributed by atoms with Crippen molar-refractivity contribution in [1.29, 1.82) is 0 Å². The van der Waals surface area contributed by atoms with Crippen molar-refractivity contribution < 1.29 is 9.18 Å². The van der Waals surface area contributed by atoms with Gasteiger partial charge in [0.1, 0.15) is 5.82 Å². The van der Waals surface area contributed by atoms with Gasteiger partial charge in [-0.1, -0.05) is 6.07 Å². The third kappa shape index (κ3) is 2.98. The minimum atomic E-state index is -0.735. The zero-order valence-electron chi connectivity index (χ0n) is 10.2. The molecule has 5 heteroatoms. The summed E-state index contributed by atoms with van der Waals surface area (Å²) in [7, 11) is 0. The lowest BCUT2D eigenvalue weighted by Gasteiger charge is -2.23. The minimum absolute atomic E-state index is 0.0496. The van der Waals surface area contributed by atoms with Crippen molar-refractivity contribution in [2.24, 2.45) is 11.7 Å². The van der Waals surface area contributed by atoms with Gasteiger partial charge in [0.15, 0.2) is 0 Å². The molecule has 1 amide bonds. The summed E-state index contributed by atoms with van der Waals surface area (Å²) >= 11 is 0. The van der Waals surface area contributed by atoms with Gasteiger partial charge in [-0.3, -0.25) is 4.79 Å². The summed E-state index contributed by atoms with van der Waals surface area (Å²) in [4.78, 5) is 11.2. The lowest BCUT2D eigenvalue weighted by Crippen LogP contribution is -2.31. The summed E-state index contributed by atoms with van der Waals surface area (Å²) < 4.78 is 13.5. The van der Waals surface area contributed by atoms with Crippen molar-refractivity contribution in [2.75, 3.05) is 25.0 Å². The molecule has 1 heterocycles. The highest BCUT2D eigenvalue weighted by Crippen LogP contribution is 2.20. The quantitative estimate of drug-likeness (QED) is 0.756. The smallest absolute Gasteiger partial charge is 0.253 e. The number of hydrogen-bond donors (Lipinski definition) is 3. The van der Waals surface area contributed by atoms with Crippen LogP contribution >= 0.6 is 0 Å². The highest BCUT2D eigenvalue weighted by molar-refractivity contribution is 5.98. The first-order valence-electron chi connectivity index (χ1n) is 6.21. The number of nitrogens with one attached hydrogen (secondary N) is 2. The second kappa shape index (κ2) is 5.82. The molecule has 1 aliphatic rings. The summed E-state index contributed by atoms with van der Waals surface area (Å²) in [6.45, 7) is 2.77. The van der Waals surface area contributed by atoms with Crippen LogP contribution in [0.2, 0.25) is 0 Å². The average molecular weight is 251 g/mol. The van der Waals surface area contributed by atoms with Gasteiger partial charge >= 0.3 is 0 Å². The molecule has 0 atom stereocenters. The standard InChI is InChI=1S/C13H18FN3O/c14-10-2-1-3-11(12(10)13(15)18)17-8-9-4-6-16-7-5-9/h1-3,9,16-17H,4-8H2,(H2,15,18). The van der Waals surface area contributed by atoms with E-state index in [-0.39, 0.29) is 5.56 Å². The third-order valence-corrected chi connectivity index (χ3v) is 3.30. The fourth-order valence-electron chi connectivity index (χ4n) is 2.26. The molecular formula is C13H18FN3O. The molecule has 0 bridgehead atoms. The Labute approximate surface area is 106 Å². The molecule has 1 fully saturated rings. The van der Waals surface area contributed by atoms with Gasteiger partial charge in [-0.15, -0.1) is 0 Å². The first-order chi connectivity index (χ1) is 8.68. The second-order valence-corrected chi connectivity index (χ2v) is 4.60. The van der Waals surface area contributed by atoms with Crippen LogP contribution in [-0.2, 0) is 0 Å². The Kier molecular flexibility index (Phi) is 4.15. The van der Waals surface area contributed by atoms with Gasteiger partial charge in [0.2, 0.25) is 0 Å². The van der Waals surface area contributed by atoms with E-state index in [4.69, 9.17) is 5.73 Å². The average Bonchev–Trinajstić information content (AvgIpc) is 2.37. The van der Waals surface area contributed by atoms with E-state index in [1.807, 2.05) is 0 Å². The molecule has 4 nitrogen and oxygen atoms in total. The van der Waals surface area contributed by atoms with Crippen LogP contribution in [0.5, 0.6) is 0 Å². The van der Waals surface area contributed by atoms with E-state index in [2.05, 4.69) is 10.6 Å². The Morgan fingerprint density at radius 3 is 2.83 bits per heavy atom. The van der Waals surface area contributed by atoms with Crippen LogP contribution in [0.3, 0.4) is 0 Å². The number of piperidine rings is 1. The predicted octanol–water partition coefficient (Wildman–Crippen LogP) is 1.34. The maximum absolute atomic E-state index is 13.5. The lowest BCUT2D eigenvalue weighted by atomic mass is 9.98. The molecule has 1 aromatic carbocycles. The van der Waals surface area contributed by atoms with Crippen LogP contribution in [0.4, 0.5) is 10.1 Å². The predicted molar refractivity (Wildman–Crippen MR) is 69.0 cm³/mol. The molecule has 0 radical (unpaired) electrons. The number of anilines is 1. The van der Waals surface area contributed by atoms with Gasteiger partial charge in [-0.25, -0.2) is 4.39 Å². The van der Waals surface area contributed by atoms with Crippen molar-refractivity contribution >= 4 is 11.6 Å². The Morgan fingerprint density at radius 2 is 2.17 bits per heavy atom. The van der Waals surface area contributed by atoms with Gasteiger partial charge in [-0.2, -0.15) is 0 Å². The number of benzene rings is 1. The fraction of sp³-hybridized carbons (Fsp3) is 0.462. The summed E-state index contributed by atoms with van der Waals surface area (Å²) in [6, 6.07) is 4.51. The summed E-state index contributed by atoms with van der Waals surface area (Å²) in [5.74, 6) is -0.756. The molecule has 0 unspecified atom stereocenters. The van der Waals surface area contributed by atoms with E-state index in [1.165, 1.54) is 6.07 Å². The molecule has 0 aliphatic carbocycles. The zero-order chi connectivity index (χ0) is 13.0. The van der Waals surface area contributed by atoms with Gasteiger partial charge in [0.25, 0.3) is 5.91 Å². The number of halogens is 1. The normalized spacial score (nSPS) is 16.5. The Hall–Kier alpha value is -1.62. The van der Waals surface area contributed by atoms with Crippen molar-refractivity contribution in [2.45, 2.75) is 12.8 Å². The Bertz CT molecular complexity index is 430. The van der Waals surface area contributed by atoms with Crippen molar-refractivity contribution in [3.8, 4) is 0 Å². The van der Waals surface area contributed by atoms with E-state index in [0.717, 1.165) is 32.5 Å². The molecule has 0 saturated carbocycles. The molecule has 98 valence electrons. The maximum Gasteiger partial charge on any atom is 0.253 e. The Balaban J connectivity index is 2.04. The number of nitrogens with two attached hydrogens (primary N) is 1. The van der Waals surface area contributed by atoms with E-state index in [0.29, 0.717) is 11.6 Å². The second-order valence-electron chi connectivity index (χ2n) is 4.60. The molecule has 4 N–H and O–H groups in total. The maximum atomic E-state index is 13.5. The summed E-state index contributed by atoms with van der Waals surface area (Å²) in [5.41, 5.74) is 5.63. The fourth-order valence-corrected chi connectivity index (χ4v) is 2.26. The molecule has 1 saturated heterocycles. The van der Waals surface area contributed by atoms with E-state index in [1.54, 1.807) is 12.1 Å². The van der Waals surface area contributed by atoms with Gasteiger partial charge in [-0.05, 0) is 44.0 Å². The highest BCUT2D eigenvalue weighted by atomic mass is 19.1. The number of amides is 1. The molecule has 0 aromatic heterocycles. The lowest BCUT2D eigenvalue weighted by molar-refractivity contribution is 0.0997. The summed E-state index contributed by atoms with van der Waals surface area (Å²) in [6.07, 6.45) is 2.18. The van der Waals surface area contributed by atoms with Gasteiger partial charge in [0, 0.05) is 12.2 Å². The van der Waals surface area contributed by atoms with E-state index < -0.39 is 11.7 Å². The SMILES string of the molecule is NC(=O)c1c(F)cccc1NCC1CCNCC1. The Morgan fingerprint density at radius 1 is 1.44 bits per heavy atom. The summed E-state index contributed by atoms with van der Waals surface area (Å²) in [5, 5.41) is 6.43. The molecular weight excluding hydrogens is 233 g/mol. The third-order valence-electron chi connectivity index (χ3n) is 3.30. The van der Waals surface area contributed by atoms with Crippen LogP contribution in [0.15, 0.2) is 18.2 Å². The highest BCUT2D eigenvalue weighted by Gasteiger charge is 2.16. The van der Waals surface area contributed by atoms with Gasteiger partial charge in [0.05, 0.1) is 5.56 Å². The van der Waals surface area contributed by atoms with Crippen LogP contribution < -0.4 is 16.4 Å². The number of primary amides is 1. The zero-order valence-corrected chi connectivity index (χ0v) is 10.2. The van der Waals surface area contributed by atoms with Crippen molar-refractivity contribution in [1.82, 2.24) is 5.32 Å². The number of hydrogen-bond acceptors (Lipinski definition) is 3. The molecule has 0 spiro atoms. The molecule has 18 heavy (non-hydrogen) atoms. The largest absolute Gasteiger partial charge is 0.384 e. The van der Waals surface area contributed by atoms with E-state index >= 15 is 0 Å². The number of carbonyl (C=O) groups is 1. The molecule has 1 aliphatic heterocycles. The van der Waals surface area contributed by atoms with Crippen LogP contribution in [-0.4, -0.2) is 25.5 Å². The number of carbonyl (C=O) groups excluding carboxylic acids is 1. The van der Waals surface area contributed by atoms with Crippen molar-refractivity contribution in [3.63, 3.8) is 0 Å². The first kappa shape index (κ1) is 12.8. The van der Waals surface area contributed by atoms with Crippen LogP contribution in [0, 0.1) is 11.7 Å². The van der Waals surface area contributed by atoms with Crippen LogP contribution in [0.1, 0.15) is 23.2 Å². The van der Waals surface area contributed by atoms with E-state index in [9.17, 15) is 9.18 Å². The van der Waals surface area contributed by atoms with Gasteiger partial charge < -0.3 is 16.4 Å². The van der Waals surface area contributed by atoms with Crippen LogP contribution in [0.25, 0.3) is 0 Å².